The van der Waals surface area contributed by atoms with Crippen molar-refractivity contribution in [2.75, 3.05) is 13.7 Å². The predicted octanol–water partition coefficient (Wildman–Crippen LogP) is 3.70. The summed E-state index contributed by atoms with van der Waals surface area (Å²) in [5.74, 6) is 1.62. The normalized spacial score (nSPS) is 14.2. The zero-order valence-electron chi connectivity index (χ0n) is 15.6. The third-order valence-electron chi connectivity index (χ3n) is 4.90. The van der Waals surface area contributed by atoms with Gasteiger partial charge < -0.3 is 14.8 Å². The maximum Gasteiger partial charge on any atom is 0.260 e. The fourth-order valence-electron chi connectivity index (χ4n) is 3.37. The van der Waals surface area contributed by atoms with Crippen molar-refractivity contribution in [3.8, 4) is 11.5 Å². The molecule has 3 rings (SSSR count). The molecule has 2 aromatic rings. The van der Waals surface area contributed by atoms with Crippen LogP contribution in [0.5, 0.6) is 11.5 Å². The number of carbonyl (C=O) groups excluding carboxylic acids is 1. The van der Waals surface area contributed by atoms with Gasteiger partial charge in [-0.15, -0.1) is 0 Å². The highest BCUT2D eigenvalue weighted by Gasteiger charge is 2.19. The topological polar surface area (TPSA) is 47.6 Å². The lowest BCUT2D eigenvalue weighted by atomic mass is 9.91. The Morgan fingerprint density at radius 2 is 1.88 bits per heavy atom. The first-order valence-electron chi connectivity index (χ1n) is 9.35. The molecule has 26 heavy (non-hydrogen) atoms. The Kier molecular flexibility index (Phi) is 6.16. The molecule has 0 aromatic heterocycles. The van der Waals surface area contributed by atoms with E-state index < -0.39 is 6.10 Å². The van der Waals surface area contributed by atoms with Crippen LogP contribution in [0.3, 0.4) is 0 Å². The van der Waals surface area contributed by atoms with Gasteiger partial charge >= 0.3 is 0 Å². The summed E-state index contributed by atoms with van der Waals surface area (Å²) in [6.45, 7) is 2.40. The second-order valence-corrected chi connectivity index (χ2v) is 6.75. The molecule has 0 fully saturated rings. The van der Waals surface area contributed by atoms with E-state index in [1.807, 2.05) is 43.3 Å². The molecule has 1 amide bonds. The summed E-state index contributed by atoms with van der Waals surface area (Å²) in [5, 5.41) is 2.96. The average molecular weight is 353 g/mol. The molecule has 4 heteroatoms. The van der Waals surface area contributed by atoms with Gasteiger partial charge in [0, 0.05) is 6.54 Å². The molecule has 0 unspecified atom stereocenters. The van der Waals surface area contributed by atoms with Gasteiger partial charge in [-0.05, 0) is 73.9 Å². The number of ether oxygens (including phenoxy) is 2. The number of carbonyl (C=O) groups is 1. The van der Waals surface area contributed by atoms with E-state index in [2.05, 4.69) is 11.4 Å². The minimum Gasteiger partial charge on any atom is -0.497 e. The van der Waals surface area contributed by atoms with E-state index in [0.29, 0.717) is 6.54 Å². The number of fused-ring (bicyclic) bond motifs is 1. The summed E-state index contributed by atoms with van der Waals surface area (Å²) < 4.78 is 11.1. The van der Waals surface area contributed by atoms with Crippen LogP contribution < -0.4 is 14.8 Å². The Bertz CT molecular complexity index is 740. The Morgan fingerprint density at radius 3 is 2.65 bits per heavy atom. The maximum atomic E-state index is 12.4. The van der Waals surface area contributed by atoms with E-state index in [1.165, 1.54) is 24.0 Å². The zero-order chi connectivity index (χ0) is 18.4. The number of amides is 1. The molecule has 1 aliphatic rings. The van der Waals surface area contributed by atoms with E-state index in [0.717, 1.165) is 36.3 Å². The number of methoxy groups -OCH3 is 1. The molecule has 1 aliphatic carbocycles. The Labute approximate surface area is 155 Å². The molecule has 0 spiro atoms. The number of nitrogens with one attached hydrogen (secondary N) is 1. The summed E-state index contributed by atoms with van der Waals surface area (Å²) in [7, 11) is 1.65. The van der Waals surface area contributed by atoms with Gasteiger partial charge in [-0.1, -0.05) is 24.3 Å². The predicted molar refractivity (Wildman–Crippen MR) is 103 cm³/mol. The molecular weight excluding hydrogens is 326 g/mol. The highest BCUT2D eigenvalue weighted by atomic mass is 16.5. The fourth-order valence-corrected chi connectivity index (χ4v) is 3.37. The molecule has 0 bridgehead atoms. The summed E-state index contributed by atoms with van der Waals surface area (Å²) >= 11 is 0. The van der Waals surface area contributed by atoms with Crippen molar-refractivity contribution in [1.82, 2.24) is 5.32 Å². The molecule has 0 saturated carbocycles. The van der Waals surface area contributed by atoms with E-state index in [1.54, 1.807) is 7.11 Å². The minimum absolute atomic E-state index is 0.0769. The van der Waals surface area contributed by atoms with Crippen LogP contribution in [0, 0.1) is 0 Å². The van der Waals surface area contributed by atoms with Crippen LogP contribution in [0.4, 0.5) is 0 Å². The third-order valence-corrected chi connectivity index (χ3v) is 4.90. The Hall–Kier alpha value is -2.49. The first kappa shape index (κ1) is 18.3. The summed E-state index contributed by atoms with van der Waals surface area (Å²) in [4.78, 5) is 12.4. The third kappa shape index (κ3) is 4.57. The monoisotopic (exact) mass is 353 g/mol. The van der Waals surface area contributed by atoms with Crippen molar-refractivity contribution in [1.29, 1.82) is 0 Å². The fraction of sp³-hybridized carbons (Fsp3) is 0.409. The first-order chi connectivity index (χ1) is 12.7. The number of rotatable bonds is 7. The van der Waals surface area contributed by atoms with Crippen LogP contribution in [0.15, 0.2) is 42.5 Å². The number of hydrogen-bond acceptors (Lipinski definition) is 3. The molecule has 0 aliphatic heterocycles. The molecule has 0 saturated heterocycles. The van der Waals surface area contributed by atoms with Gasteiger partial charge in [0.25, 0.3) is 5.91 Å². The van der Waals surface area contributed by atoms with Crippen LogP contribution >= 0.6 is 0 Å². The highest BCUT2D eigenvalue weighted by Crippen LogP contribution is 2.30. The van der Waals surface area contributed by atoms with Crippen molar-refractivity contribution < 1.29 is 14.3 Å². The smallest absolute Gasteiger partial charge is 0.260 e. The van der Waals surface area contributed by atoms with Gasteiger partial charge in [0.2, 0.25) is 0 Å². The zero-order valence-corrected chi connectivity index (χ0v) is 15.6. The number of benzene rings is 2. The van der Waals surface area contributed by atoms with Crippen LogP contribution in [-0.2, 0) is 24.1 Å². The lowest BCUT2D eigenvalue weighted by Crippen LogP contribution is -2.37. The number of hydrogen-bond donors (Lipinski definition) is 1. The van der Waals surface area contributed by atoms with Crippen molar-refractivity contribution in [3.05, 3.63) is 59.2 Å². The molecule has 4 nitrogen and oxygen atoms in total. The minimum atomic E-state index is -0.501. The quantitative estimate of drug-likeness (QED) is 0.826. The Balaban J connectivity index is 1.50. The molecule has 0 heterocycles. The standard InChI is InChI=1S/C22H27NO3/c1-16(26-21-9-5-7-18-6-3-4-8-20(18)21)22(24)23-15-14-17-10-12-19(25-2)13-11-17/h5,7,9-13,16H,3-4,6,8,14-15H2,1-2H3,(H,23,24)/t16-/m1/s1. The second kappa shape index (κ2) is 8.75. The van der Waals surface area contributed by atoms with Crippen molar-refractivity contribution in [2.45, 2.75) is 45.1 Å². The first-order valence-corrected chi connectivity index (χ1v) is 9.35. The lowest BCUT2D eigenvalue weighted by Gasteiger charge is -2.22. The van der Waals surface area contributed by atoms with Crippen LogP contribution in [0.2, 0.25) is 0 Å². The summed E-state index contributed by atoms with van der Waals surface area (Å²) in [6, 6.07) is 14.1. The molecule has 1 N–H and O–H groups in total. The molecule has 2 aromatic carbocycles. The van der Waals surface area contributed by atoms with Gasteiger partial charge in [0.1, 0.15) is 11.5 Å². The van der Waals surface area contributed by atoms with Crippen molar-refractivity contribution in [3.63, 3.8) is 0 Å². The van der Waals surface area contributed by atoms with Crippen LogP contribution in [0.25, 0.3) is 0 Å². The maximum absolute atomic E-state index is 12.4. The van der Waals surface area contributed by atoms with Crippen LogP contribution in [0.1, 0.15) is 36.5 Å². The van der Waals surface area contributed by atoms with E-state index in [-0.39, 0.29) is 5.91 Å². The van der Waals surface area contributed by atoms with E-state index >= 15 is 0 Å². The molecule has 0 radical (unpaired) electrons. The largest absolute Gasteiger partial charge is 0.497 e. The van der Waals surface area contributed by atoms with Gasteiger partial charge in [-0.25, -0.2) is 0 Å². The SMILES string of the molecule is COc1ccc(CCNC(=O)[C@@H](C)Oc2cccc3c2CCCC3)cc1. The highest BCUT2D eigenvalue weighted by molar-refractivity contribution is 5.80. The average Bonchev–Trinajstić information content (AvgIpc) is 2.68. The van der Waals surface area contributed by atoms with Crippen molar-refractivity contribution in [2.24, 2.45) is 0 Å². The Morgan fingerprint density at radius 1 is 1.12 bits per heavy atom. The van der Waals surface area contributed by atoms with Gasteiger partial charge in [-0.2, -0.15) is 0 Å². The van der Waals surface area contributed by atoms with Gasteiger partial charge in [0.15, 0.2) is 6.10 Å². The number of aryl methyl sites for hydroxylation is 1. The van der Waals surface area contributed by atoms with E-state index in [4.69, 9.17) is 9.47 Å². The van der Waals surface area contributed by atoms with Crippen molar-refractivity contribution >= 4 is 5.91 Å². The second-order valence-electron chi connectivity index (χ2n) is 6.75. The lowest BCUT2D eigenvalue weighted by molar-refractivity contribution is -0.127. The van der Waals surface area contributed by atoms with Crippen LogP contribution in [-0.4, -0.2) is 25.7 Å². The molecule has 138 valence electrons. The summed E-state index contributed by atoms with van der Waals surface area (Å²) in [6.07, 6.45) is 4.85. The molecule has 1 atom stereocenters. The summed E-state index contributed by atoms with van der Waals surface area (Å²) in [5.41, 5.74) is 3.80. The molecular formula is C22H27NO3. The van der Waals surface area contributed by atoms with E-state index in [9.17, 15) is 4.79 Å². The van der Waals surface area contributed by atoms with Gasteiger partial charge in [-0.3, -0.25) is 4.79 Å². The van der Waals surface area contributed by atoms with Gasteiger partial charge in [0.05, 0.1) is 7.11 Å².